The molecule has 3 heteroatoms. The lowest BCUT2D eigenvalue weighted by atomic mass is 9.94. The summed E-state index contributed by atoms with van der Waals surface area (Å²) in [6.45, 7) is 2.23. The standard InChI is InChI=1S/C17H26FNO/c1-3-4-5-6-7-8-14-12-16(19-2)15-10-9-13(18)11-17(15)20-14/h9-11,14,16,19H,3-8,12H2,1-2H3. The first-order valence-corrected chi connectivity index (χ1v) is 7.88. The van der Waals surface area contributed by atoms with E-state index in [1.54, 1.807) is 0 Å². The summed E-state index contributed by atoms with van der Waals surface area (Å²) in [6, 6.07) is 5.14. The van der Waals surface area contributed by atoms with Crippen molar-refractivity contribution < 1.29 is 9.13 Å². The fraction of sp³-hybridized carbons (Fsp3) is 0.647. The highest BCUT2D eigenvalue weighted by molar-refractivity contribution is 5.38. The molecule has 1 aliphatic heterocycles. The van der Waals surface area contributed by atoms with E-state index in [1.165, 1.54) is 44.2 Å². The first-order chi connectivity index (χ1) is 9.74. The van der Waals surface area contributed by atoms with Gasteiger partial charge in [0.25, 0.3) is 0 Å². The fourth-order valence-corrected chi connectivity index (χ4v) is 2.94. The topological polar surface area (TPSA) is 21.3 Å². The number of nitrogens with one attached hydrogen (secondary N) is 1. The molecule has 0 aliphatic carbocycles. The van der Waals surface area contributed by atoms with Gasteiger partial charge >= 0.3 is 0 Å². The summed E-state index contributed by atoms with van der Waals surface area (Å²) >= 11 is 0. The van der Waals surface area contributed by atoms with Crippen molar-refractivity contribution in [2.45, 2.75) is 64.0 Å². The molecular weight excluding hydrogens is 253 g/mol. The van der Waals surface area contributed by atoms with E-state index >= 15 is 0 Å². The third kappa shape index (κ3) is 3.95. The van der Waals surface area contributed by atoms with Gasteiger partial charge in [-0.1, -0.05) is 38.7 Å². The van der Waals surface area contributed by atoms with E-state index in [0.717, 1.165) is 18.4 Å². The average Bonchev–Trinajstić information content (AvgIpc) is 2.45. The summed E-state index contributed by atoms with van der Waals surface area (Å²) in [7, 11) is 1.96. The predicted molar refractivity (Wildman–Crippen MR) is 80.6 cm³/mol. The molecule has 1 heterocycles. The normalized spacial score (nSPS) is 21.4. The van der Waals surface area contributed by atoms with Crippen LogP contribution in [0.2, 0.25) is 0 Å². The van der Waals surface area contributed by atoms with Crippen LogP contribution in [0.15, 0.2) is 18.2 Å². The number of hydrogen-bond acceptors (Lipinski definition) is 2. The molecule has 2 rings (SSSR count). The van der Waals surface area contributed by atoms with Gasteiger partial charge in [0, 0.05) is 24.1 Å². The van der Waals surface area contributed by atoms with Crippen molar-refractivity contribution in [3.63, 3.8) is 0 Å². The molecule has 1 aromatic carbocycles. The van der Waals surface area contributed by atoms with E-state index in [4.69, 9.17) is 4.74 Å². The van der Waals surface area contributed by atoms with Crippen LogP contribution in [0.3, 0.4) is 0 Å². The average molecular weight is 279 g/mol. The smallest absolute Gasteiger partial charge is 0.127 e. The molecule has 1 N–H and O–H groups in total. The summed E-state index contributed by atoms with van der Waals surface area (Å²) in [5.41, 5.74) is 1.08. The van der Waals surface area contributed by atoms with Crippen LogP contribution in [0, 0.1) is 5.82 Å². The molecule has 112 valence electrons. The maximum absolute atomic E-state index is 13.3. The van der Waals surface area contributed by atoms with Gasteiger partial charge in [0.2, 0.25) is 0 Å². The predicted octanol–water partition coefficient (Wildman–Crippen LogP) is 4.60. The second-order valence-electron chi connectivity index (χ2n) is 5.70. The molecule has 0 spiro atoms. The summed E-state index contributed by atoms with van der Waals surface area (Å²) in [5.74, 6) is 0.497. The molecule has 2 atom stereocenters. The minimum Gasteiger partial charge on any atom is -0.490 e. The van der Waals surface area contributed by atoms with Gasteiger partial charge in [0.1, 0.15) is 17.7 Å². The zero-order valence-electron chi connectivity index (χ0n) is 12.6. The zero-order valence-corrected chi connectivity index (χ0v) is 12.6. The molecule has 0 radical (unpaired) electrons. The van der Waals surface area contributed by atoms with Crippen LogP contribution in [0.5, 0.6) is 5.75 Å². The Bertz CT molecular complexity index is 421. The Labute approximate surface area is 121 Å². The van der Waals surface area contributed by atoms with E-state index < -0.39 is 0 Å². The van der Waals surface area contributed by atoms with Crippen LogP contribution >= 0.6 is 0 Å². The van der Waals surface area contributed by atoms with Gasteiger partial charge in [-0.2, -0.15) is 0 Å². The van der Waals surface area contributed by atoms with Gasteiger partial charge < -0.3 is 10.1 Å². The van der Waals surface area contributed by atoms with Crippen molar-refractivity contribution in [3.8, 4) is 5.75 Å². The number of hydrogen-bond donors (Lipinski definition) is 1. The molecule has 0 saturated heterocycles. The molecule has 0 bridgehead atoms. The number of unbranched alkanes of at least 4 members (excludes halogenated alkanes) is 4. The van der Waals surface area contributed by atoms with Crippen LogP contribution in [-0.4, -0.2) is 13.2 Å². The number of ether oxygens (including phenoxy) is 1. The highest BCUT2D eigenvalue weighted by atomic mass is 19.1. The Morgan fingerprint density at radius 3 is 2.80 bits per heavy atom. The largest absolute Gasteiger partial charge is 0.490 e. The third-order valence-electron chi connectivity index (χ3n) is 4.12. The van der Waals surface area contributed by atoms with Crippen molar-refractivity contribution in [1.29, 1.82) is 0 Å². The lowest BCUT2D eigenvalue weighted by Gasteiger charge is -2.32. The Morgan fingerprint density at radius 2 is 2.05 bits per heavy atom. The summed E-state index contributed by atoms with van der Waals surface area (Å²) in [5, 5.41) is 3.32. The van der Waals surface area contributed by atoms with Crippen LogP contribution in [0.1, 0.15) is 63.5 Å². The molecule has 0 saturated carbocycles. The Kier molecular flexibility index (Phi) is 5.84. The van der Waals surface area contributed by atoms with Gasteiger partial charge in [-0.25, -0.2) is 4.39 Å². The summed E-state index contributed by atoms with van der Waals surface area (Å²) in [4.78, 5) is 0. The van der Waals surface area contributed by atoms with Crippen LogP contribution < -0.4 is 10.1 Å². The highest BCUT2D eigenvalue weighted by Crippen LogP contribution is 2.36. The molecule has 1 aromatic rings. The van der Waals surface area contributed by atoms with Crippen LogP contribution in [0.4, 0.5) is 4.39 Å². The molecule has 0 fully saturated rings. The SMILES string of the molecule is CCCCCCCC1CC(NC)c2ccc(F)cc2O1. The van der Waals surface area contributed by atoms with Gasteiger partial charge in [-0.15, -0.1) is 0 Å². The number of halogens is 1. The van der Waals surface area contributed by atoms with Gasteiger partial charge in [-0.3, -0.25) is 0 Å². The second-order valence-corrected chi connectivity index (χ2v) is 5.70. The van der Waals surface area contributed by atoms with E-state index in [-0.39, 0.29) is 18.0 Å². The van der Waals surface area contributed by atoms with Crippen molar-refractivity contribution in [1.82, 2.24) is 5.32 Å². The third-order valence-corrected chi connectivity index (χ3v) is 4.12. The Hall–Kier alpha value is -1.09. The van der Waals surface area contributed by atoms with E-state index in [0.29, 0.717) is 5.75 Å². The maximum atomic E-state index is 13.3. The van der Waals surface area contributed by atoms with E-state index in [2.05, 4.69) is 12.2 Å². The molecule has 2 unspecified atom stereocenters. The van der Waals surface area contributed by atoms with Crippen molar-refractivity contribution >= 4 is 0 Å². The molecule has 20 heavy (non-hydrogen) atoms. The summed E-state index contributed by atoms with van der Waals surface area (Å²) < 4.78 is 19.3. The monoisotopic (exact) mass is 279 g/mol. The Morgan fingerprint density at radius 1 is 1.25 bits per heavy atom. The van der Waals surface area contributed by atoms with Gasteiger partial charge in [-0.05, 0) is 26.0 Å². The minimum absolute atomic E-state index is 0.211. The zero-order chi connectivity index (χ0) is 14.4. The maximum Gasteiger partial charge on any atom is 0.127 e. The molecule has 2 nitrogen and oxygen atoms in total. The number of benzene rings is 1. The van der Waals surface area contributed by atoms with Crippen LogP contribution in [-0.2, 0) is 0 Å². The van der Waals surface area contributed by atoms with Crippen LogP contribution in [0.25, 0.3) is 0 Å². The van der Waals surface area contributed by atoms with E-state index in [1.807, 2.05) is 13.1 Å². The number of rotatable bonds is 7. The quantitative estimate of drug-likeness (QED) is 0.737. The first-order valence-electron chi connectivity index (χ1n) is 7.88. The lowest BCUT2D eigenvalue weighted by Crippen LogP contribution is -2.31. The second kappa shape index (κ2) is 7.63. The van der Waals surface area contributed by atoms with Crippen molar-refractivity contribution in [2.24, 2.45) is 0 Å². The van der Waals surface area contributed by atoms with E-state index in [9.17, 15) is 4.39 Å². The van der Waals surface area contributed by atoms with Gasteiger partial charge in [0.15, 0.2) is 0 Å². The van der Waals surface area contributed by atoms with Gasteiger partial charge in [0.05, 0.1) is 0 Å². The molecular formula is C17H26FNO. The minimum atomic E-state index is -0.220. The number of fused-ring (bicyclic) bond motifs is 1. The highest BCUT2D eigenvalue weighted by Gasteiger charge is 2.27. The van der Waals surface area contributed by atoms with Crippen molar-refractivity contribution in [3.05, 3.63) is 29.6 Å². The molecule has 0 amide bonds. The first kappa shape index (κ1) is 15.3. The lowest BCUT2D eigenvalue weighted by molar-refractivity contribution is 0.139. The van der Waals surface area contributed by atoms with Crippen molar-refractivity contribution in [2.75, 3.05) is 7.05 Å². The molecule has 0 aromatic heterocycles. The fourth-order valence-electron chi connectivity index (χ4n) is 2.94. The summed E-state index contributed by atoms with van der Waals surface area (Å²) in [6.07, 6.45) is 8.63. The molecule has 1 aliphatic rings. The Balaban J connectivity index is 1.91.